The van der Waals surface area contributed by atoms with Gasteiger partial charge in [-0.25, -0.2) is 0 Å². The van der Waals surface area contributed by atoms with Crippen LogP contribution >= 0.6 is 15.9 Å². The Morgan fingerprint density at radius 1 is 1.47 bits per heavy atom. The first-order valence-electron chi connectivity index (χ1n) is 5.97. The van der Waals surface area contributed by atoms with Crippen LogP contribution in [0.5, 0.6) is 0 Å². The van der Waals surface area contributed by atoms with Crippen LogP contribution in [0.2, 0.25) is 0 Å². The lowest BCUT2D eigenvalue weighted by atomic mass is 10.1. The van der Waals surface area contributed by atoms with Crippen molar-refractivity contribution in [3.8, 4) is 0 Å². The Bertz CT molecular complexity index is 380. The van der Waals surface area contributed by atoms with E-state index in [0.29, 0.717) is 0 Å². The van der Waals surface area contributed by atoms with Crippen LogP contribution in [0.15, 0.2) is 22.7 Å². The quantitative estimate of drug-likeness (QED) is 0.821. The number of hydrogen-bond acceptors (Lipinski definition) is 3. The summed E-state index contributed by atoms with van der Waals surface area (Å²) in [6.45, 7) is 2.69. The molecule has 0 radical (unpaired) electrons. The minimum atomic E-state index is 0.730. The Kier molecular flexibility index (Phi) is 4.42. The summed E-state index contributed by atoms with van der Waals surface area (Å²) in [5, 5.41) is 0. The number of hydrogen-bond donors (Lipinski definition) is 1. The van der Waals surface area contributed by atoms with Crippen molar-refractivity contribution in [1.82, 2.24) is 4.90 Å². The van der Waals surface area contributed by atoms with E-state index in [1.54, 1.807) is 7.11 Å². The first kappa shape index (κ1) is 12.9. The van der Waals surface area contributed by atoms with Crippen molar-refractivity contribution >= 4 is 21.6 Å². The number of halogens is 1. The second-order valence-corrected chi connectivity index (χ2v) is 5.45. The molecular weight excluding hydrogens is 280 g/mol. The normalized spacial score (nSPS) is 15.5. The van der Waals surface area contributed by atoms with Crippen LogP contribution in [-0.2, 0) is 11.3 Å². The van der Waals surface area contributed by atoms with E-state index in [9.17, 15) is 0 Å². The number of nitrogens with two attached hydrogens (primary N) is 1. The molecule has 4 heteroatoms. The Balaban J connectivity index is 2.00. The molecule has 0 atom stereocenters. The van der Waals surface area contributed by atoms with Gasteiger partial charge in [0.2, 0.25) is 0 Å². The number of methoxy groups -OCH3 is 1. The second-order valence-electron chi connectivity index (χ2n) is 4.54. The minimum Gasteiger partial charge on any atom is -0.398 e. The third-order valence-corrected chi connectivity index (χ3v) is 3.62. The molecule has 1 aromatic carbocycles. The van der Waals surface area contributed by atoms with Gasteiger partial charge in [0, 0.05) is 36.4 Å². The molecule has 0 spiro atoms. The minimum absolute atomic E-state index is 0.730. The highest BCUT2D eigenvalue weighted by Crippen LogP contribution is 2.29. The van der Waals surface area contributed by atoms with Crippen molar-refractivity contribution in [2.24, 2.45) is 0 Å². The van der Waals surface area contributed by atoms with E-state index in [2.05, 4.69) is 26.9 Å². The average molecular weight is 299 g/mol. The van der Waals surface area contributed by atoms with Crippen molar-refractivity contribution in [2.45, 2.75) is 25.4 Å². The highest BCUT2D eigenvalue weighted by Gasteiger charge is 2.28. The molecule has 17 heavy (non-hydrogen) atoms. The maximum absolute atomic E-state index is 6.03. The first-order chi connectivity index (χ1) is 8.20. The Labute approximate surface area is 111 Å². The van der Waals surface area contributed by atoms with Gasteiger partial charge in [0.25, 0.3) is 0 Å². The third-order valence-electron chi connectivity index (χ3n) is 3.13. The molecule has 1 aliphatic rings. The number of anilines is 1. The number of nitrogen functional groups attached to an aromatic ring is 1. The molecule has 1 saturated carbocycles. The highest BCUT2D eigenvalue weighted by atomic mass is 79.9. The lowest BCUT2D eigenvalue weighted by molar-refractivity contribution is 0.140. The van der Waals surface area contributed by atoms with E-state index < -0.39 is 0 Å². The largest absolute Gasteiger partial charge is 0.398 e. The molecule has 94 valence electrons. The fourth-order valence-corrected chi connectivity index (χ4v) is 2.35. The predicted molar refractivity (Wildman–Crippen MR) is 73.9 cm³/mol. The molecule has 0 unspecified atom stereocenters. The number of nitrogens with zero attached hydrogens (tertiary/aromatic N) is 1. The van der Waals surface area contributed by atoms with Gasteiger partial charge >= 0.3 is 0 Å². The van der Waals surface area contributed by atoms with Gasteiger partial charge in [0.15, 0.2) is 0 Å². The number of ether oxygens (including phenoxy) is 1. The van der Waals surface area contributed by atoms with E-state index in [4.69, 9.17) is 10.5 Å². The van der Waals surface area contributed by atoms with E-state index >= 15 is 0 Å². The third kappa shape index (κ3) is 3.69. The molecule has 1 fully saturated rings. The van der Waals surface area contributed by atoms with Crippen molar-refractivity contribution in [3.05, 3.63) is 28.2 Å². The van der Waals surface area contributed by atoms with Crippen molar-refractivity contribution < 1.29 is 4.74 Å². The fourth-order valence-electron chi connectivity index (χ4n) is 1.97. The van der Waals surface area contributed by atoms with E-state index in [-0.39, 0.29) is 0 Å². The molecule has 0 aromatic heterocycles. The summed E-state index contributed by atoms with van der Waals surface area (Å²) in [7, 11) is 1.75. The van der Waals surface area contributed by atoms with E-state index in [1.165, 1.54) is 18.4 Å². The zero-order chi connectivity index (χ0) is 12.3. The van der Waals surface area contributed by atoms with Crippen LogP contribution in [0.4, 0.5) is 5.69 Å². The van der Waals surface area contributed by atoms with Crippen LogP contribution in [0, 0.1) is 0 Å². The predicted octanol–water partition coefficient (Wildman–Crippen LogP) is 2.64. The summed E-state index contributed by atoms with van der Waals surface area (Å²) >= 11 is 3.43. The molecule has 0 aliphatic heterocycles. The van der Waals surface area contributed by atoms with Crippen LogP contribution in [0.25, 0.3) is 0 Å². The lowest BCUT2D eigenvalue weighted by Crippen LogP contribution is -2.29. The van der Waals surface area contributed by atoms with Crippen LogP contribution in [0.1, 0.15) is 18.4 Å². The first-order valence-corrected chi connectivity index (χ1v) is 6.77. The van der Waals surface area contributed by atoms with E-state index in [0.717, 1.165) is 35.9 Å². The summed E-state index contributed by atoms with van der Waals surface area (Å²) in [5.74, 6) is 0. The summed E-state index contributed by atoms with van der Waals surface area (Å²) in [6.07, 6.45) is 2.61. The van der Waals surface area contributed by atoms with Gasteiger partial charge in [-0.1, -0.05) is 22.0 Å². The standard InChI is InChI=1S/C13H19BrN2O/c1-17-7-6-16(12-4-5-12)9-10-2-3-11(14)8-13(10)15/h2-3,8,12H,4-7,9,15H2,1H3. The Morgan fingerprint density at radius 3 is 2.82 bits per heavy atom. The zero-order valence-corrected chi connectivity index (χ0v) is 11.7. The maximum atomic E-state index is 6.03. The fraction of sp³-hybridized carbons (Fsp3) is 0.538. The molecule has 0 bridgehead atoms. The monoisotopic (exact) mass is 298 g/mol. The maximum Gasteiger partial charge on any atom is 0.0589 e. The summed E-state index contributed by atoms with van der Waals surface area (Å²) in [4.78, 5) is 2.46. The van der Waals surface area contributed by atoms with Gasteiger partial charge in [-0.2, -0.15) is 0 Å². The van der Waals surface area contributed by atoms with Crippen LogP contribution in [0.3, 0.4) is 0 Å². The molecule has 0 saturated heterocycles. The smallest absolute Gasteiger partial charge is 0.0589 e. The summed E-state index contributed by atoms with van der Waals surface area (Å²) < 4.78 is 6.19. The molecule has 2 rings (SSSR count). The van der Waals surface area contributed by atoms with Gasteiger partial charge in [0.05, 0.1) is 6.61 Å². The van der Waals surface area contributed by atoms with Crippen molar-refractivity contribution in [2.75, 3.05) is 26.0 Å². The zero-order valence-electron chi connectivity index (χ0n) is 10.2. The summed E-state index contributed by atoms with van der Waals surface area (Å²) in [5.41, 5.74) is 8.10. The van der Waals surface area contributed by atoms with Gasteiger partial charge in [-0.05, 0) is 30.5 Å². The molecule has 0 amide bonds. The Hall–Kier alpha value is -0.580. The van der Waals surface area contributed by atoms with Crippen LogP contribution in [-0.4, -0.2) is 31.2 Å². The molecule has 1 aliphatic carbocycles. The van der Waals surface area contributed by atoms with Gasteiger partial charge < -0.3 is 10.5 Å². The van der Waals surface area contributed by atoms with Crippen molar-refractivity contribution in [1.29, 1.82) is 0 Å². The lowest BCUT2D eigenvalue weighted by Gasteiger charge is -2.22. The SMILES string of the molecule is COCCN(Cc1ccc(Br)cc1N)C1CC1. The van der Waals surface area contributed by atoms with Gasteiger partial charge in [-0.15, -0.1) is 0 Å². The topological polar surface area (TPSA) is 38.5 Å². The molecule has 2 N–H and O–H groups in total. The molecular formula is C13H19BrN2O. The molecule has 3 nitrogen and oxygen atoms in total. The highest BCUT2D eigenvalue weighted by molar-refractivity contribution is 9.10. The average Bonchev–Trinajstić information content (AvgIpc) is 3.11. The van der Waals surface area contributed by atoms with E-state index in [1.807, 2.05) is 12.1 Å². The van der Waals surface area contributed by atoms with Gasteiger partial charge in [0.1, 0.15) is 0 Å². The van der Waals surface area contributed by atoms with Gasteiger partial charge in [-0.3, -0.25) is 4.90 Å². The molecule has 1 aromatic rings. The second kappa shape index (κ2) is 5.85. The summed E-state index contributed by atoms with van der Waals surface area (Å²) in [6, 6.07) is 6.85. The van der Waals surface area contributed by atoms with Crippen LogP contribution < -0.4 is 5.73 Å². The number of benzene rings is 1. The number of rotatable bonds is 6. The Morgan fingerprint density at radius 2 is 2.24 bits per heavy atom. The van der Waals surface area contributed by atoms with Crippen molar-refractivity contribution in [3.63, 3.8) is 0 Å². The molecule has 0 heterocycles.